The minimum absolute atomic E-state index is 0.00763. The van der Waals surface area contributed by atoms with E-state index in [2.05, 4.69) is 15.5 Å². The molecule has 0 aliphatic carbocycles. The summed E-state index contributed by atoms with van der Waals surface area (Å²) in [6.07, 6.45) is 0.663. The number of sulfonamides is 2. The van der Waals surface area contributed by atoms with Gasteiger partial charge in [0.1, 0.15) is 0 Å². The standard InChI is InChI=1S/C33H42N6O5S3/c1-6-37(7-2)46(41,42)28-17-13-16-27(22-28)32-35-36-33(39(32)21-20-26-14-11-10-12-15-26)45-24-31(40)34-30-23-29(19-18-25(30)5)47(43,44)38(8-3)9-4/h10-19,22-23H,6-9,20-21,24H2,1-5H3,(H,34,40). The van der Waals surface area contributed by atoms with E-state index in [4.69, 9.17) is 0 Å². The van der Waals surface area contributed by atoms with E-state index < -0.39 is 20.0 Å². The van der Waals surface area contributed by atoms with Crippen molar-refractivity contribution in [1.29, 1.82) is 0 Å². The molecule has 4 aromatic rings. The van der Waals surface area contributed by atoms with Crippen molar-refractivity contribution in [3.8, 4) is 11.4 Å². The van der Waals surface area contributed by atoms with Crippen LogP contribution in [0.1, 0.15) is 38.8 Å². The normalized spacial score (nSPS) is 12.1. The Kier molecular flexibility index (Phi) is 12.4. The van der Waals surface area contributed by atoms with Crippen LogP contribution in [0.5, 0.6) is 0 Å². The Morgan fingerprint density at radius 3 is 2.02 bits per heavy atom. The van der Waals surface area contributed by atoms with Crippen LogP contribution < -0.4 is 5.32 Å². The number of nitrogens with one attached hydrogen (secondary N) is 1. The molecule has 0 spiro atoms. The number of hydrogen-bond donors (Lipinski definition) is 1. The number of nitrogens with zero attached hydrogens (tertiary/aromatic N) is 5. The highest BCUT2D eigenvalue weighted by molar-refractivity contribution is 7.99. The van der Waals surface area contributed by atoms with Crippen LogP contribution in [0.4, 0.5) is 5.69 Å². The summed E-state index contributed by atoms with van der Waals surface area (Å²) in [5, 5.41) is 12.2. The van der Waals surface area contributed by atoms with Crippen molar-refractivity contribution in [2.24, 2.45) is 0 Å². The largest absolute Gasteiger partial charge is 0.325 e. The van der Waals surface area contributed by atoms with E-state index >= 15 is 0 Å². The number of benzene rings is 3. The number of aryl methyl sites for hydroxylation is 2. The quantitative estimate of drug-likeness (QED) is 0.156. The van der Waals surface area contributed by atoms with Crippen LogP contribution >= 0.6 is 11.8 Å². The van der Waals surface area contributed by atoms with Gasteiger partial charge in [0.15, 0.2) is 11.0 Å². The molecule has 0 bridgehead atoms. The number of thioether (sulfide) groups is 1. The minimum atomic E-state index is -3.70. The maximum Gasteiger partial charge on any atom is 0.243 e. The van der Waals surface area contributed by atoms with Gasteiger partial charge >= 0.3 is 0 Å². The number of carbonyl (C=O) groups excluding carboxylic acids is 1. The van der Waals surface area contributed by atoms with Crippen molar-refractivity contribution in [3.63, 3.8) is 0 Å². The van der Waals surface area contributed by atoms with E-state index in [-0.39, 0.29) is 21.5 Å². The monoisotopic (exact) mass is 698 g/mol. The lowest BCUT2D eigenvalue weighted by molar-refractivity contribution is -0.113. The van der Waals surface area contributed by atoms with Crippen molar-refractivity contribution in [1.82, 2.24) is 23.4 Å². The van der Waals surface area contributed by atoms with Gasteiger partial charge < -0.3 is 9.88 Å². The summed E-state index contributed by atoms with van der Waals surface area (Å²) in [6.45, 7) is 10.9. The lowest BCUT2D eigenvalue weighted by atomic mass is 10.1. The fourth-order valence-electron chi connectivity index (χ4n) is 5.13. The van der Waals surface area contributed by atoms with Crippen LogP contribution in [0.2, 0.25) is 0 Å². The second-order valence-corrected chi connectivity index (χ2v) is 15.5. The number of hydrogen-bond acceptors (Lipinski definition) is 8. The van der Waals surface area contributed by atoms with E-state index in [0.29, 0.717) is 61.4 Å². The first kappa shape index (κ1) is 36.3. The summed E-state index contributed by atoms with van der Waals surface area (Å²) in [4.78, 5) is 13.5. The van der Waals surface area contributed by atoms with Gasteiger partial charge in [-0.25, -0.2) is 16.8 Å². The average molecular weight is 699 g/mol. The Hall–Kier alpha value is -3.56. The molecule has 0 radical (unpaired) electrons. The van der Waals surface area contributed by atoms with Crippen molar-refractivity contribution in [2.75, 3.05) is 37.2 Å². The Balaban J connectivity index is 1.60. The third-order valence-electron chi connectivity index (χ3n) is 7.78. The van der Waals surface area contributed by atoms with Crippen molar-refractivity contribution >= 4 is 43.4 Å². The second kappa shape index (κ2) is 16.0. The molecule has 252 valence electrons. The molecule has 1 N–H and O–H groups in total. The highest BCUT2D eigenvalue weighted by atomic mass is 32.2. The molecule has 1 aromatic heterocycles. The molecule has 14 heteroatoms. The van der Waals surface area contributed by atoms with Gasteiger partial charge in [-0.1, -0.05) is 88.0 Å². The molecule has 1 amide bonds. The second-order valence-electron chi connectivity index (χ2n) is 10.7. The van der Waals surface area contributed by atoms with Crippen LogP contribution in [-0.2, 0) is 37.8 Å². The van der Waals surface area contributed by atoms with Gasteiger partial charge in [-0.3, -0.25) is 4.79 Å². The molecule has 11 nitrogen and oxygen atoms in total. The fraction of sp³-hybridized carbons (Fsp3) is 0.364. The van der Waals surface area contributed by atoms with Gasteiger partial charge in [-0.05, 0) is 48.7 Å². The van der Waals surface area contributed by atoms with Crippen molar-refractivity contribution < 1.29 is 21.6 Å². The zero-order valence-electron chi connectivity index (χ0n) is 27.4. The fourth-order valence-corrected chi connectivity index (χ4v) is 8.88. The smallest absolute Gasteiger partial charge is 0.243 e. The predicted molar refractivity (Wildman–Crippen MR) is 186 cm³/mol. The number of carbonyl (C=O) groups is 1. The SMILES string of the molecule is CCN(CC)S(=O)(=O)c1cccc(-c2nnc(SCC(=O)Nc3cc(S(=O)(=O)N(CC)CC)ccc3C)n2CCc2ccccc2)c1. The predicted octanol–water partition coefficient (Wildman–Crippen LogP) is 5.29. The Morgan fingerprint density at radius 1 is 0.787 bits per heavy atom. The molecule has 0 fully saturated rings. The third kappa shape index (κ3) is 8.49. The molecule has 0 atom stereocenters. The summed E-state index contributed by atoms with van der Waals surface area (Å²) in [6, 6.07) is 21.3. The summed E-state index contributed by atoms with van der Waals surface area (Å²) in [5.74, 6) is 0.152. The molecule has 4 rings (SSSR count). The molecule has 0 unspecified atom stereocenters. The van der Waals surface area contributed by atoms with Crippen LogP contribution in [0, 0.1) is 6.92 Å². The molecule has 0 aliphatic heterocycles. The van der Waals surface area contributed by atoms with Gasteiger partial charge in [0.05, 0.1) is 15.5 Å². The molecule has 1 heterocycles. The van der Waals surface area contributed by atoms with Crippen LogP contribution in [0.15, 0.2) is 87.7 Å². The maximum atomic E-state index is 13.3. The highest BCUT2D eigenvalue weighted by Crippen LogP contribution is 2.28. The van der Waals surface area contributed by atoms with Gasteiger partial charge in [-0.2, -0.15) is 8.61 Å². The van der Waals surface area contributed by atoms with Crippen molar-refractivity contribution in [2.45, 2.75) is 62.5 Å². The molecular weight excluding hydrogens is 657 g/mol. The molecule has 0 saturated carbocycles. The van der Waals surface area contributed by atoms with Gasteiger partial charge in [0.25, 0.3) is 0 Å². The zero-order chi connectivity index (χ0) is 34.2. The number of amides is 1. The molecule has 0 saturated heterocycles. The number of rotatable bonds is 16. The topological polar surface area (TPSA) is 135 Å². The first-order chi connectivity index (χ1) is 22.5. The van der Waals surface area contributed by atoms with Crippen molar-refractivity contribution in [3.05, 3.63) is 83.9 Å². The van der Waals surface area contributed by atoms with Gasteiger partial charge in [0, 0.05) is 44.0 Å². The van der Waals surface area contributed by atoms with Crippen LogP contribution in [-0.4, -0.2) is 78.0 Å². The lowest BCUT2D eigenvalue weighted by Crippen LogP contribution is -2.30. The molecule has 47 heavy (non-hydrogen) atoms. The Labute approximate surface area is 282 Å². The van der Waals surface area contributed by atoms with E-state index in [1.54, 1.807) is 71.0 Å². The summed E-state index contributed by atoms with van der Waals surface area (Å²) >= 11 is 1.20. The van der Waals surface area contributed by atoms with E-state index in [1.807, 2.05) is 34.9 Å². The lowest BCUT2D eigenvalue weighted by Gasteiger charge is -2.19. The average Bonchev–Trinajstić information content (AvgIpc) is 3.48. The highest BCUT2D eigenvalue weighted by Gasteiger charge is 2.25. The van der Waals surface area contributed by atoms with Crippen LogP contribution in [0.25, 0.3) is 11.4 Å². The zero-order valence-corrected chi connectivity index (χ0v) is 29.8. The molecule has 3 aromatic carbocycles. The van der Waals surface area contributed by atoms with Crippen LogP contribution in [0.3, 0.4) is 0 Å². The molecule has 0 aliphatic rings. The Morgan fingerprint density at radius 2 is 1.40 bits per heavy atom. The summed E-state index contributed by atoms with van der Waals surface area (Å²) < 4.78 is 57.4. The molecular formula is C33H42N6O5S3. The number of aromatic nitrogens is 3. The summed E-state index contributed by atoms with van der Waals surface area (Å²) in [7, 11) is -7.39. The number of anilines is 1. The van der Waals surface area contributed by atoms with E-state index in [1.165, 1.54) is 26.4 Å². The minimum Gasteiger partial charge on any atom is -0.325 e. The van der Waals surface area contributed by atoms with Gasteiger partial charge in [-0.15, -0.1) is 10.2 Å². The third-order valence-corrected chi connectivity index (χ3v) is 12.8. The van der Waals surface area contributed by atoms with Gasteiger partial charge in [0.2, 0.25) is 26.0 Å². The first-order valence-electron chi connectivity index (χ1n) is 15.6. The van der Waals surface area contributed by atoms with E-state index in [9.17, 15) is 21.6 Å². The first-order valence-corrected chi connectivity index (χ1v) is 19.4. The van der Waals surface area contributed by atoms with E-state index in [0.717, 1.165) is 11.1 Å². The summed E-state index contributed by atoms with van der Waals surface area (Å²) in [5.41, 5.74) is 2.85. The maximum absolute atomic E-state index is 13.3. The Bertz CT molecular complexity index is 1890.